The Balaban J connectivity index is 4.08. The van der Waals surface area contributed by atoms with Crippen molar-refractivity contribution in [2.45, 2.75) is 51.0 Å². The largest absolute Gasteiger partial charge is 0.468 e. The molecule has 0 spiro atoms. The third kappa shape index (κ3) is 11.1. The summed E-state index contributed by atoms with van der Waals surface area (Å²) < 4.78 is 15.5. The van der Waals surface area contributed by atoms with E-state index in [1.165, 1.54) is 7.11 Å². The Morgan fingerprint density at radius 2 is 1.78 bits per heavy atom. The van der Waals surface area contributed by atoms with Gasteiger partial charge in [0.05, 0.1) is 33.5 Å². The molecule has 0 aromatic rings. The van der Waals surface area contributed by atoms with E-state index in [1.54, 1.807) is 0 Å². The number of nitrogens with two attached hydrogens (primary N) is 2. The highest BCUT2D eigenvalue weighted by atomic mass is 16.5. The van der Waals surface area contributed by atoms with Crippen LogP contribution in [0.1, 0.15) is 45.4 Å². The standard InChI is InChI=1S/C17H32N2O4/c1-3-4-5-6-7-8-9-10-17(19,16(20)21-2)15-23-14-13-22-12-11-18/h3-4,7-15,18-19H2,1-2H3. The van der Waals surface area contributed by atoms with Crippen LogP contribution in [0, 0.1) is 11.8 Å². The maximum Gasteiger partial charge on any atom is 0.328 e. The second-order valence-electron chi connectivity index (χ2n) is 5.41. The molecule has 0 aliphatic rings. The molecule has 23 heavy (non-hydrogen) atoms. The van der Waals surface area contributed by atoms with E-state index >= 15 is 0 Å². The number of carbonyl (C=O) groups excluding carboxylic acids is 1. The summed E-state index contributed by atoms with van der Waals surface area (Å²) in [5.41, 5.74) is 10.4. The average molecular weight is 328 g/mol. The molecular weight excluding hydrogens is 296 g/mol. The van der Waals surface area contributed by atoms with Gasteiger partial charge in [-0.25, -0.2) is 4.79 Å². The van der Waals surface area contributed by atoms with Crippen molar-refractivity contribution in [3.05, 3.63) is 0 Å². The number of hydrogen-bond acceptors (Lipinski definition) is 6. The molecule has 0 fully saturated rings. The van der Waals surface area contributed by atoms with E-state index in [1.807, 2.05) is 0 Å². The highest BCUT2D eigenvalue weighted by Crippen LogP contribution is 2.15. The Bertz CT molecular complexity index is 365. The van der Waals surface area contributed by atoms with Crippen LogP contribution in [0.2, 0.25) is 0 Å². The lowest BCUT2D eigenvalue weighted by molar-refractivity contribution is -0.150. The van der Waals surface area contributed by atoms with Crippen LogP contribution >= 0.6 is 0 Å². The fraction of sp³-hybridized carbons (Fsp3) is 0.824. The summed E-state index contributed by atoms with van der Waals surface area (Å²) in [5.74, 6) is 5.78. The molecular formula is C17H32N2O4. The van der Waals surface area contributed by atoms with Crippen LogP contribution in [0.3, 0.4) is 0 Å². The fourth-order valence-corrected chi connectivity index (χ4v) is 1.95. The van der Waals surface area contributed by atoms with Gasteiger partial charge >= 0.3 is 5.97 Å². The van der Waals surface area contributed by atoms with Crippen molar-refractivity contribution in [3.8, 4) is 11.8 Å². The first-order valence-electron chi connectivity index (χ1n) is 8.29. The van der Waals surface area contributed by atoms with Gasteiger partial charge < -0.3 is 25.7 Å². The summed E-state index contributed by atoms with van der Waals surface area (Å²) >= 11 is 0. The topological polar surface area (TPSA) is 96.8 Å². The maximum absolute atomic E-state index is 11.9. The van der Waals surface area contributed by atoms with Gasteiger partial charge in [0.15, 0.2) is 0 Å². The zero-order chi connectivity index (χ0) is 17.4. The van der Waals surface area contributed by atoms with E-state index in [-0.39, 0.29) is 6.61 Å². The lowest BCUT2D eigenvalue weighted by Gasteiger charge is -2.26. The van der Waals surface area contributed by atoms with Crippen molar-refractivity contribution in [2.75, 3.05) is 40.1 Å². The molecule has 0 rings (SSSR count). The van der Waals surface area contributed by atoms with E-state index in [4.69, 9.17) is 25.7 Å². The summed E-state index contributed by atoms with van der Waals surface area (Å²) in [6.07, 6.45) is 5.06. The molecule has 134 valence electrons. The normalized spacial score (nSPS) is 13.0. The first-order chi connectivity index (χ1) is 11.1. The van der Waals surface area contributed by atoms with Crippen molar-refractivity contribution >= 4 is 5.97 Å². The number of ether oxygens (including phenoxy) is 3. The van der Waals surface area contributed by atoms with Gasteiger partial charge in [0, 0.05) is 19.4 Å². The second-order valence-corrected chi connectivity index (χ2v) is 5.41. The molecule has 1 atom stereocenters. The summed E-state index contributed by atoms with van der Waals surface area (Å²) in [6, 6.07) is 0. The van der Waals surface area contributed by atoms with Crippen molar-refractivity contribution in [1.29, 1.82) is 0 Å². The van der Waals surface area contributed by atoms with E-state index in [0.717, 1.165) is 32.1 Å². The van der Waals surface area contributed by atoms with Crippen LogP contribution in [-0.2, 0) is 19.0 Å². The number of hydrogen-bond donors (Lipinski definition) is 2. The Morgan fingerprint density at radius 3 is 2.43 bits per heavy atom. The molecule has 0 aliphatic heterocycles. The van der Waals surface area contributed by atoms with Crippen LogP contribution in [0.4, 0.5) is 0 Å². The SMILES string of the molecule is CCCC#CCCCCC(N)(COCCOCCN)C(=O)OC. The molecule has 0 aromatic carbocycles. The smallest absolute Gasteiger partial charge is 0.328 e. The summed E-state index contributed by atoms with van der Waals surface area (Å²) in [6.45, 7) is 4.00. The summed E-state index contributed by atoms with van der Waals surface area (Å²) in [4.78, 5) is 11.9. The molecule has 4 N–H and O–H groups in total. The highest BCUT2D eigenvalue weighted by molar-refractivity contribution is 5.80. The van der Waals surface area contributed by atoms with Crippen molar-refractivity contribution in [3.63, 3.8) is 0 Å². The third-order valence-corrected chi connectivity index (χ3v) is 3.26. The molecule has 0 heterocycles. The monoisotopic (exact) mass is 328 g/mol. The van der Waals surface area contributed by atoms with Crippen molar-refractivity contribution in [1.82, 2.24) is 0 Å². The van der Waals surface area contributed by atoms with Crippen LogP contribution in [0.25, 0.3) is 0 Å². The second kappa shape index (κ2) is 14.5. The number of carbonyl (C=O) groups is 1. The van der Waals surface area contributed by atoms with Gasteiger partial charge in [-0.3, -0.25) is 0 Å². The minimum atomic E-state index is -1.11. The zero-order valence-corrected chi connectivity index (χ0v) is 14.6. The number of esters is 1. The molecule has 0 bridgehead atoms. The van der Waals surface area contributed by atoms with Crippen LogP contribution in [-0.4, -0.2) is 51.6 Å². The molecule has 0 saturated carbocycles. The van der Waals surface area contributed by atoms with E-state index in [0.29, 0.717) is 32.8 Å². The van der Waals surface area contributed by atoms with Gasteiger partial charge in [0.2, 0.25) is 0 Å². The maximum atomic E-state index is 11.9. The van der Waals surface area contributed by atoms with Crippen LogP contribution in [0.15, 0.2) is 0 Å². The molecule has 6 heteroatoms. The van der Waals surface area contributed by atoms with Gasteiger partial charge in [-0.1, -0.05) is 6.92 Å². The first-order valence-corrected chi connectivity index (χ1v) is 8.29. The Kier molecular flexibility index (Phi) is 13.8. The summed E-state index contributed by atoms with van der Waals surface area (Å²) in [5, 5.41) is 0. The zero-order valence-electron chi connectivity index (χ0n) is 14.6. The van der Waals surface area contributed by atoms with E-state index in [9.17, 15) is 4.79 Å². The lowest BCUT2D eigenvalue weighted by Crippen LogP contribution is -2.52. The van der Waals surface area contributed by atoms with Crippen molar-refractivity contribution < 1.29 is 19.0 Å². The predicted molar refractivity (Wildman–Crippen MR) is 90.8 cm³/mol. The number of rotatable bonds is 13. The third-order valence-electron chi connectivity index (χ3n) is 3.26. The molecule has 0 aliphatic carbocycles. The molecule has 0 aromatic heterocycles. The quantitative estimate of drug-likeness (QED) is 0.300. The molecule has 0 saturated heterocycles. The van der Waals surface area contributed by atoms with Gasteiger partial charge in [0.1, 0.15) is 5.54 Å². The predicted octanol–water partition coefficient (Wildman–Crippen LogP) is 1.21. The van der Waals surface area contributed by atoms with Gasteiger partial charge in [-0.15, -0.1) is 11.8 Å². The van der Waals surface area contributed by atoms with Gasteiger partial charge in [-0.05, 0) is 25.7 Å². The fourth-order valence-electron chi connectivity index (χ4n) is 1.95. The first kappa shape index (κ1) is 21.9. The summed E-state index contributed by atoms with van der Waals surface area (Å²) in [7, 11) is 1.34. The minimum Gasteiger partial charge on any atom is -0.468 e. The van der Waals surface area contributed by atoms with Crippen molar-refractivity contribution in [2.24, 2.45) is 11.5 Å². The van der Waals surface area contributed by atoms with Gasteiger partial charge in [0.25, 0.3) is 0 Å². The molecule has 0 radical (unpaired) electrons. The Labute approximate surface area is 140 Å². The average Bonchev–Trinajstić information content (AvgIpc) is 2.56. The number of unbranched alkanes of at least 4 members (excludes halogenated alkanes) is 3. The Hall–Kier alpha value is -1.13. The lowest BCUT2D eigenvalue weighted by atomic mass is 9.94. The molecule has 0 amide bonds. The number of methoxy groups -OCH3 is 1. The molecule has 1 unspecified atom stereocenters. The van der Waals surface area contributed by atoms with Gasteiger partial charge in [-0.2, -0.15) is 0 Å². The molecule has 6 nitrogen and oxygen atoms in total. The van der Waals surface area contributed by atoms with Crippen LogP contribution < -0.4 is 11.5 Å². The van der Waals surface area contributed by atoms with E-state index in [2.05, 4.69) is 18.8 Å². The van der Waals surface area contributed by atoms with E-state index < -0.39 is 11.5 Å². The van der Waals surface area contributed by atoms with Crippen LogP contribution in [0.5, 0.6) is 0 Å². The minimum absolute atomic E-state index is 0.118. The Morgan fingerprint density at radius 1 is 1.09 bits per heavy atom. The highest BCUT2D eigenvalue weighted by Gasteiger charge is 2.35.